The van der Waals surface area contributed by atoms with Gasteiger partial charge in [0, 0.05) is 5.39 Å². The first-order chi connectivity index (χ1) is 12.7. The summed E-state index contributed by atoms with van der Waals surface area (Å²) in [6.45, 7) is 0. The van der Waals surface area contributed by atoms with Crippen molar-refractivity contribution in [3.05, 3.63) is 59.1 Å². The molecular formula is C17H9CaClN2NaO6S+. The number of azo groups is 1. The molecule has 0 saturated heterocycles. The molecule has 0 radical (unpaired) electrons. The Labute approximate surface area is 222 Å². The Kier molecular flexibility index (Phi) is 9.53. The third kappa shape index (κ3) is 5.90. The van der Waals surface area contributed by atoms with Crippen LogP contribution in [0.25, 0.3) is 10.8 Å². The first kappa shape index (κ1) is 26.3. The molecule has 0 saturated carbocycles. The fourth-order valence-corrected chi connectivity index (χ4v) is 3.36. The number of aromatic carboxylic acids is 1. The van der Waals surface area contributed by atoms with Crippen LogP contribution in [0.5, 0.6) is 5.75 Å². The average Bonchev–Trinajstić information content (AvgIpc) is 2.60. The van der Waals surface area contributed by atoms with E-state index in [1.165, 1.54) is 6.07 Å². The van der Waals surface area contributed by atoms with Crippen molar-refractivity contribution in [2.45, 2.75) is 4.90 Å². The number of rotatable bonds is 4. The third-order valence-electron chi connectivity index (χ3n) is 3.67. The Morgan fingerprint density at radius 2 is 1.72 bits per heavy atom. The van der Waals surface area contributed by atoms with Gasteiger partial charge >= 0.3 is 73.3 Å². The van der Waals surface area contributed by atoms with Gasteiger partial charge in [-0.3, -0.25) is 0 Å². The average molecular weight is 468 g/mol. The molecule has 0 atom stereocenters. The molecule has 3 aromatic carbocycles. The SMILES string of the molecule is O=C(O)c1cc(N=Nc2c([O-])ccc3ccccc23)c(S(=O)(=O)[O-])cc1Cl.[Ca+2].[Na+]. The summed E-state index contributed by atoms with van der Waals surface area (Å²) in [6.07, 6.45) is 0. The minimum Gasteiger partial charge on any atom is -0.871 e. The number of halogens is 1. The maximum absolute atomic E-state index is 12.1. The number of fused-ring (bicyclic) bond motifs is 1. The molecule has 1 N–H and O–H groups in total. The van der Waals surface area contributed by atoms with Crippen molar-refractivity contribution in [2.75, 3.05) is 0 Å². The van der Waals surface area contributed by atoms with Crippen molar-refractivity contribution in [1.29, 1.82) is 0 Å². The second-order valence-electron chi connectivity index (χ2n) is 5.39. The molecule has 0 bridgehead atoms. The van der Waals surface area contributed by atoms with Gasteiger partial charge in [-0.2, -0.15) is 5.11 Å². The second-order valence-corrected chi connectivity index (χ2v) is 7.15. The topological polar surface area (TPSA) is 142 Å². The van der Waals surface area contributed by atoms with E-state index in [1.807, 2.05) is 0 Å². The molecule has 3 rings (SSSR count). The summed E-state index contributed by atoms with van der Waals surface area (Å²) in [7, 11) is -5.01. The van der Waals surface area contributed by atoms with Gasteiger partial charge < -0.3 is 14.8 Å². The van der Waals surface area contributed by atoms with Gasteiger partial charge in [-0.15, -0.1) is 5.11 Å². The van der Waals surface area contributed by atoms with E-state index in [0.717, 1.165) is 6.07 Å². The number of carboxylic acids is 1. The summed E-state index contributed by atoms with van der Waals surface area (Å²) in [4.78, 5) is 10.4. The molecule has 0 aliphatic carbocycles. The van der Waals surface area contributed by atoms with Gasteiger partial charge in [-0.25, -0.2) is 13.2 Å². The van der Waals surface area contributed by atoms with Gasteiger partial charge in [0.2, 0.25) is 0 Å². The Bertz CT molecular complexity index is 1220. The summed E-state index contributed by atoms with van der Waals surface area (Å²) in [6, 6.07) is 11.2. The van der Waals surface area contributed by atoms with Crippen molar-refractivity contribution in [2.24, 2.45) is 10.2 Å². The Hall–Kier alpha value is -0.750. The molecule has 8 nitrogen and oxygen atoms in total. The molecule has 29 heavy (non-hydrogen) atoms. The quantitative estimate of drug-likeness (QED) is 0.330. The van der Waals surface area contributed by atoms with E-state index < -0.39 is 43.0 Å². The van der Waals surface area contributed by atoms with Crippen LogP contribution in [0.2, 0.25) is 5.02 Å². The number of hydrogen-bond acceptors (Lipinski definition) is 7. The number of carbonyl (C=O) groups is 1. The maximum Gasteiger partial charge on any atom is 2.00 e. The number of benzene rings is 3. The monoisotopic (exact) mass is 467 g/mol. The van der Waals surface area contributed by atoms with Crippen LogP contribution in [0.1, 0.15) is 10.4 Å². The number of carboxylic acid groups (broad SMARTS) is 1. The molecule has 0 heterocycles. The van der Waals surface area contributed by atoms with Gasteiger partial charge in [0.1, 0.15) is 15.8 Å². The zero-order valence-electron chi connectivity index (χ0n) is 15.0. The van der Waals surface area contributed by atoms with Crippen LogP contribution in [0.15, 0.2) is 63.7 Å². The van der Waals surface area contributed by atoms with Gasteiger partial charge in [0.15, 0.2) is 0 Å². The molecule has 0 amide bonds. The Balaban J connectivity index is 0.00000210. The van der Waals surface area contributed by atoms with Gasteiger partial charge in [0.05, 0.1) is 21.2 Å². The zero-order valence-corrected chi connectivity index (χ0v) is 20.8. The molecule has 0 spiro atoms. The Morgan fingerprint density at radius 3 is 2.34 bits per heavy atom. The van der Waals surface area contributed by atoms with E-state index in [1.54, 1.807) is 30.3 Å². The van der Waals surface area contributed by atoms with Crippen LogP contribution in [0.3, 0.4) is 0 Å². The summed E-state index contributed by atoms with van der Waals surface area (Å²) >= 11 is 5.72. The zero-order chi connectivity index (χ0) is 19.8. The van der Waals surface area contributed by atoms with Gasteiger partial charge in [-0.1, -0.05) is 53.7 Å². The normalized spacial score (nSPS) is 11.1. The van der Waals surface area contributed by atoms with E-state index in [0.29, 0.717) is 16.8 Å². The fraction of sp³-hybridized carbons (Fsp3) is 0. The smallest absolute Gasteiger partial charge is 0.871 e. The predicted octanol–water partition coefficient (Wildman–Crippen LogP) is 0.208. The van der Waals surface area contributed by atoms with Crippen LogP contribution < -0.4 is 34.7 Å². The molecule has 0 aliphatic heterocycles. The van der Waals surface area contributed by atoms with E-state index in [2.05, 4.69) is 10.2 Å². The minimum atomic E-state index is -5.01. The summed E-state index contributed by atoms with van der Waals surface area (Å²) in [5.74, 6) is -1.92. The third-order valence-corrected chi connectivity index (χ3v) is 4.85. The van der Waals surface area contributed by atoms with E-state index in [4.69, 9.17) is 16.7 Å². The largest absolute Gasteiger partial charge is 2.00 e. The van der Waals surface area contributed by atoms with Gasteiger partial charge in [0.25, 0.3) is 0 Å². The summed E-state index contributed by atoms with van der Waals surface area (Å²) in [5, 5.41) is 29.4. The molecule has 0 unspecified atom stereocenters. The first-order valence-electron chi connectivity index (χ1n) is 7.31. The van der Waals surface area contributed by atoms with E-state index in [9.17, 15) is 22.9 Å². The van der Waals surface area contributed by atoms with E-state index in [-0.39, 0.29) is 73.0 Å². The van der Waals surface area contributed by atoms with Crippen molar-refractivity contribution in [1.82, 2.24) is 0 Å². The van der Waals surface area contributed by atoms with Crippen LogP contribution >= 0.6 is 11.6 Å². The number of nitrogens with zero attached hydrogens (tertiary/aromatic N) is 2. The minimum absolute atomic E-state index is 0. The molecule has 3 aromatic rings. The van der Waals surface area contributed by atoms with Crippen molar-refractivity contribution in [3.8, 4) is 5.75 Å². The van der Waals surface area contributed by atoms with Crippen molar-refractivity contribution in [3.63, 3.8) is 0 Å². The summed E-state index contributed by atoms with van der Waals surface area (Å²) < 4.78 is 34.4. The van der Waals surface area contributed by atoms with Crippen LogP contribution in [-0.2, 0) is 10.1 Å². The fourth-order valence-electron chi connectivity index (χ4n) is 2.43. The van der Waals surface area contributed by atoms with Gasteiger partial charge in [-0.05, 0) is 17.5 Å². The molecular weight excluding hydrogens is 459 g/mol. The van der Waals surface area contributed by atoms with Crippen molar-refractivity contribution < 1.29 is 57.5 Å². The van der Waals surface area contributed by atoms with Crippen LogP contribution in [-0.4, -0.2) is 61.8 Å². The standard InChI is InChI=1S/C17H11ClN2O6S.Ca.Na/c18-12-8-15(27(24,25)26)13(7-11(12)17(22)23)19-20-16-10-4-2-1-3-9(10)5-6-14(16)21;;/h1-8,21H,(H,22,23)(H,24,25,26);;/q;+2;+1/p-2. The molecule has 0 fully saturated rings. The van der Waals surface area contributed by atoms with E-state index >= 15 is 0 Å². The second kappa shape index (κ2) is 10.5. The molecule has 138 valence electrons. The predicted molar refractivity (Wildman–Crippen MR) is 99.7 cm³/mol. The van der Waals surface area contributed by atoms with Crippen LogP contribution in [0, 0.1) is 0 Å². The Morgan fingerprint density at radius 1 is 1.07 bits per heavy atom. The number of hydrogen-bond donors (Lipinski definition) is 1. The summed E-state index contributed by atoms with van der Waals surface area (Å²) in [5.41, 5.74) is -1.06. The molecule has 12 heteroatoms. The first-order valence-corrected chi connectivity index (χ1v) is 9.10. The van der Waals surface area contributed by atoms with Crippen molar-refractivity contribution >= 4 is 87.6 Å². The van der Waals surface area contributed by atoms with Crippen LogP contribution in [0.4, 0.5) is 11.4 Å². The molecule has 0 aliphatic rings. The molecule has 0 aromatic heterocycles. The maximum atomic E-state index is 12.1.